The zero-order valence-electron chi connectivity index (χ0n) is 16.5. The minimum Gasteiger partial charge on any atom is -0.497 e. The number of nitrogens with zero attached hydrogens (tertiary/aromatic N) is 2. The average Bonchev–Trinajstić information content (AvgIpc) is 3.18. The van der Waals surface area contributed by atoms with E-state index in [4.69, 9.17) is 21.7 Å². The highest BCUT2D eigenvalue weighted by Crippen LogP contribution is 2.30. The van der Waals surface area contributed by atoms with Gasteiger partial charge in [0.25, 0.3) is 0 Å². The van der Waals surface area contributed by atoms with Crippen molar-refractivity contribution in [2.45, 2.75) is 18.9 Å². The van der Waals surface area contributed by atoms with Crippen LogP contribution in [0.5, 0.6) is 11.5 Å². The summed E-state index contributed by atoms with van der Waals surface area (Å²) >= 11 is 5.66. The topological polar surface area (TPSA) is 37.0 Å². The molecule has 0 saturated carbocycles. The molecule has 0 aromatic heterocycles. The maximum absolute atomic E-state index is 5.66. The molecular weight excluding hydrogens is 370 g/mol. The largest absolute Gasteiger partial charge is 0.497 e. The first-order valence-corrected chi connectivity index (χ1v) is 10.2. The molecule has 1 N–H and O–H groups in total. The van der Waals surface area contributed by atoms with E-state index >= 15 is 0 Å². The molecule has 5 nitrogen and oxygen atoms in total. The van der Waals surface area contributed by atoms with E-state index in [1.807, 2.05) is 18.2 Å². The average molecular weight is 398 g/mol. The number of rotatable bonds is 4. The molecule has 2 aromatic rings. The number of ether oxygens (including phenoxy) is 2. The lowest BCUT2D eigenvalue weighted by molar-refractivity contribution is 0.137. The van der Waals surface area contributed by atoms with Crippen molar-refractivity contribution in [1.82, 2.24) is 9.80 Å². The van der Waals surface area contributed by atoms with Crippen LogP contribution in [0.2, 0.25) is 0 Å². The number of anilines is 1. The van der Waals surface area contributed by atoms with Gasteiger partial charge in [-0.3, -0.25) is 4.90 Å². The molecule has 4 rings (SSSR count). The van der Waals surface area contributed by atoms with Crippen molar-refractivity contribution in [3.8, 4) is 11.5 Å². The zero-order chi connectivity index (χ0) is 19.5. The third-order valence-electron chi connectivity index (χ3n) is 5.80. The molecule has 1 fully saturated rings. The van der Waals surface area contributed by atoms with E-state index in [1.165, 1.54) is 24.0 Å². The number of piperazine rings is 1. The van der Waals surface area contributed by atoms with Crippen LogP contribution in [0.4, 0.5) is 5.69 Å². The Kier molecular flexibility index (Phi) is 5.69. The summed E-state index contributed by atoms with van der Waals surface area (Å²) in [6, 6.07) is 15.2. The van der Waals surface area contributed by atoms with Gasteiger partial charge in [-0.15, -0.1) is 0 Å². The summed E-state index contributed by atoms with van der Waals surface area (Å²) in [5.74, 6) is 1.49. The number of benzene rings is 2. The molecule has 2 aromatic carbocycles. The van der Waals surface area contributed by atoms with E-state index in [1.54, 1.807) is 14.2 Å². The number of thiocarbonyl (C=S) groups is 1. The van der Waals surface area contributed by atoms with Gasteiger partial charge in [0.1, 0.15) is 11.5 Å². The Hall–Kier alpha value is -2.31. The SMILES string of the molecule is COc1ccc(NC(=S)N2CCN(C3Cc4ccccc4C3)CC2)c(OC)c1. The molecule has 28 heavy (non-hydrogen) atoms. The van der Waals surface area contributed by atoms with E-state index < -0.39 is 0 Å². The highest BCUT2D eigenvalue weighted by Gasteiger charge is 2.29. The fraction of sp³-hybridized carbons (Fsp3) is 0.409. The Balaban J connectivity index is 1.32. The maximum Gasteiger partial charge on any atom is 0.173 e. The second-order valence-electron chi connectivity index (χ2n) is 7.35. The van der Waals surface area contributed by atoms with Crippen molar-refractivity contribution in [1.29, 1.82) is 0 Å². The molecule has 0 radical (unpaired) electrons. The van der Waals surface area contributed by atoms with Crippen molar-refractivity contribution < 1.29 is 9.47 Å². The van der Waals surface area contributed by atoms with Crippen LogP contribution in [-0.4, -0.2) is 61.4 Å². The van der Waals surface area contributed by atoms with Crippen LogP contribution in [-0.2, 0) is 12.8 Å². The van der Waals surface area contributed by atoms with Crippen LogP contribution in [0.1, 0.15) is 11.1 Å². The van der Waals surface area contributed by atoms with Gasteiger partial charge in [-0.25, -0.2) is 0 Å². The van der Waals surface area contributed by atoms with Crippen molar-refractivity contribution in [3.63, 3.8) is 0 Å². The Morgan fingerprint density at radius 1 is 0.964 bits per heavy atom. The number of methoxy groups -OCH3 is 2. The third kappa shape index (κ3) is 3.93. The molecule has 0 bridgehead atoms. The van der Waals surface area contributed by atoms with Crippen LogP contribution in [0.25, 0.3) is 0 Å². The van der Waals surface area contributed by atoms with Crippen molar-refractivity contribution in [2.24, 2.45) is 0 Å². The molecule has 1 saturated heterocycles. The van der Waals surface area contributed by atoms with Crippen molar-refractivity contribution in [2.75, 3.05) is 45.7 Å². The lowest BCUT2D eigenvalue weighted by Gasteiger charge is -2.39. The summed E-state index contributed by atoms with van der Waals surface area (Å²) < 4.78 is 10.7. The molecule has 0 atom stereocenters. The van der Waals surface area contributed by atoms with Gasteiger partial charge in [0.05, 0.1) is 19.9 Å². The Morgan fingerprint density at radius 2 is 1.64 bits per heavy atom. The molecule has 6 heteroatoms. The summed E-state index contributed by atoms with van der Waals surface area (Å²) in [7, 11) is 3.30. The van der Waals surface area contributed by atoms with Gasteiger partial charge < -0.3 is 19.7 Å². The number of nitrogens with one attached hydrogen (secondary N) is 1. The normalized spacial score (nSPS) is 17.3. The standard InChI is InChI=1S/C22H27N3O2S/c1-26-19-7-8-20(21(15-19)27-2)23-22(28)25-11-9-24(10-12-25)18-13-16-5-3-4-6-17(16)14-18/h3-8,15,18H,9-14H2,1-2H3,(H,23,28). The second-order valence-corrected chi connectivity index (χ2v) is 7.74. The predicted molar refractivity (Wildman–Crippen MR) is 117 cm³/mol. The van der Waals surface area contributed by atoms with Crippen molar-refractivity contribution in [3.05, 3.63) is 53.6 Å². The van der Waals surface area contributed by atoms with Crippen LogP contribution >= 0.6 is 12.2 Å². The second kappa shape index (κ2) is 8.37. The Labute approximate surface area is 172 Å². The van der Waals surface area contributed by atoms with E-state index in [-0.39, 0.29) is 0 Å². The quantitative estimate of drug-likeness (QED) is 0.799. The summed E-state index contributed by atoms with van der Waals surface area (Å²) in [6.45, 7) is 3.97. The van der Waals surface area contributed by atoms with Gasteiger partial charge in [-0.2, -0.15) is 0 Å². The first-order chi connectivity index (χ1) is 13.7. The van der Waals surface area contributed by atoms with Crippen LogP contribution in [0.3, 0.4) is 0 Å². The number of fused-ring (bicyclic) bond motifs is 1. The van der Waals surface area contributed by atoms with Gasteiger partial charge >= 0.3 is 0 Å². The molecule has 2 aliphatic rings. The highest BCUT2D eigenvalue weighted by atomic mass is 32.1. The van der Waals surface area contributed by atoms with Gasteiger partial charge in [0.2, 0.25) is 0 Å². The van der Waals surface area contributed by atoms with Gasteiger partial charge in [0, 0.05) is 38.3 Å². The van der Waals surface area contributed by atoms with Gasteiger partial charge in [0.15, 0.2) is 5.11 Å². The van der Waals surface area contributed by atoms with Gasteiger partial charge in [-0.1, -0.05) is 24.3 Å². The van der Waals surface area contributed by atoms with E-state index in [9.17, 15) is 0 Å². The van der Waals surface area contributed by atoms with Crippen LogP contribution in [0.15, 0.2) is 42.5 Å². The molecule has 1 aliphatic heterocycles. The molecule has 1 heterocycles. The lowest BCUT2D eigenvalue weighted by Crippen LogP contribution is -2.53. The summed E-state index contributed by atoms with van der Waals surface area (Å²) in [5, 5.41) is 4.09. The zero-order valence-corrected chi connectivity index (χ0v) is 17.3. The molecule has 0 unspecified atom stereocenters. The van der Waals surface area contributed by atoms with E-state index in [2.05, 4.69) is 39.4 Å². The van der Waals surface area contributed by atoms with Crippen LogP contribution < -0.4 is 14.8 Å². The smallest absolute Gasteiger partial charge is 0.173 e. The molecular formula is C22H27N3O2S. The number of hydrogen-bond acceptors (Lipinski definition) is 4. The molecule has 0 spiro atoms. The minimum atomic E-state index is 0.628. The summed E-state index contributed by atoms with van der Waals surface area (Å²) in [6.07, 6.45) is 2.34. The third-order valence-corrected chi connectivity index (χ3v) is 6.16. The predicted octanol–water partition coefficient (Wildman–Crippen LogP) is 3.19. The van der Waals surface area contributed by atoms with E-state index in [0.29, 0.717) is 6.04 Å². The molecule has 1 aliphatic carbocycles. The molecule has 148 valence electrons. The summed E-state index contributed by atoms with van der Waals surface area (Å²) in [4.78, 5) is 4.87. The Bertz CT molecular complexity index is 824. The first-order valence-electron chi connectivity index (χ1n) is 9.76. The highest BCUT2D eigenvalue weighted by molar-refractivity contribution is 7.80. The maximum atomic E-state index is 5.66. The fourth-order valence-corrected chi connectivity index (χ4v) is 4.47. The molecule has 0 amide bonds. The lowest BCUT2D eigenvalue weighted by atomic mass is 10.1. The minimum absolute atomic E-state index is 0.628. The van der Waals surface area contributed by atoms with Crippen molar-refractivity contribution >= 4 is 23.0 Å². The monoisotopic (exact) mass is 397 g/mol. The summed E-state index contributed by atoms with van der Waals surface area (Å²) in [5.41, 5.74) is 3.89. The number of hydrogen-bond donors (Lipinski definition) is 1. The van der Waals surface area contributed by atoms with Crippen LogP contribution in [0, 0.1) is 0 Å². The fourth-order valence-electron chi connectivity index (χ4n) is 4.18. The van der Waals surface area contributed by atoms with Gasteiger partial charge in [-0.05, 0) is 48.3 Å². The first kappa shape index (κ1) is 19.0. The Morgan fingerprint density at radius 3 is 2.25 bits per heavy atom. The van der Waals surface area contributed by atoms with E-state index in [0.717, 1.165) is 48.5 Å².